The average Bonchev–Trinajstić information content (AvgIpc) is 1.99. The predicted molar refractivity (Wildman–Crippen MR) is 47.0 cm³/mol. The molecule has 1 aliphatic heterocycles. The number of nitrogen functional groups attached to an aromatic ring is 1. The highest BCUT2D eigenvalue weighted by atomic mass is 19.1. The van der Waals surface area contributed by atoms with Crippen LogP contribution >= 0.6 is 0 Å². The zero-order chi connectivity index (χ0) is 10.3. The molecule has 0 aliphatic carbocycles. The van der Waals surface area contributed by atoms with Gasteiger partial charge in [0.25, 0.3) is 5.91 Å². The molecule has 0 fully saturated rings. The molecule has 0 saturated heterocycles. The standard InChI is InChI=1S/C9H7FN2O2/c10-5-1-4-2-7(13)12-9(14)8(4)6(11)3-5/h1,3H,2,11H2,(H,12,13,14). The molecule has 4 nitrogen and oxygen atoms in total. The topological polar surface area (TPSA) is 72.2 Å². The van der Waals surface area contributed by atoms with E-state index in [-0.39, 0.29) is 17.7 Å². The monoisotopic (exact) mass is 194 g/mol. The summed E-state index contributed by atoms with van der Waals surface area (Å²) in [5.41, 5.74) is 6.07. The van der Waals surface area contributed by atoms with Crippen LogP contribution in [-0.2, 0) is 11.2 Å². The van der Waals surface area contributed by atoms with Crippen LogP contribution in [0, 0.1) is 5.82 Å². The van der Waals surface area contributed by atoms with Gasteiger partial charge in [0, 0.05) is 5.69 Å². The molecule has 0 unspecified atom stereocenters. The van der Waals surface area contributed by atoms with E-state index >= 15 is 0 Å². The summed E-state index contributed by atoms with van der Waals surface area (Å²) in [5.74, 6) is -1.54. The summed E-state index contributed by atoms with van der Waals surface area (Å²) in [4.78, 5) is 22.3. The lowest BCUT2D eigenvalue weighted by atomic mass is 9.98. The normalized spacial score (nSPS) is 14.9. The van der Waals surface area contributed by atoms with E-state index in [2.05, 4.69) is 5.32 Å². The minimum absolute atomic E-state index is 0.0109. The number of hydrogen-bond acceptors (Lipinski definition) is 3. The van der Waals surface area contributed by atoms with Crippen LogP contribution in [0.3, 0.4) is 0 Å². The van der Waals surface area contributed by atoms with Crippen LogP contribution in [0.2, 0.25) is 0 Å². The second kappa shape index (κ2) is 2.80. The molecule has 1 aliphatic rings. The molecule has 0 atom stereocenters. The van der Waals surface area contributed by atoms with Gasteiger partial charge in [-0.3, -0.25) is 14.9 Å². The fraction of sp³-hybridized carbons (Fsp3) is 0.111. The Balaban J connectivity index is 2.64. The number of imide groups is 1. The molecule has 0 spiro atoms. The quantitative estimate of drug-likeness (QED) is 0.458. The van der Waals surface area contributed by atoms with Crippen molar-refractivity contribution in [2.75, 3.05) is 5.73 Å². The number of carbonyl (C=O) groups is 2. The molecule has 1 aromatic carbocycles. The molecule has 0 bridgehead atoms. The molecule has 1 aromatic rings. The van der Waals surface area contributed by atoms with Gasteiger partial charge in [-0.1, -0.05) is 0 Å². The summed E-state index contributed by atoms with van der Waals surface area (Å²) in [5, 5.41) is 2.12. The molecule has 0 saturated carbocycles. The number of carbonyl (C=O) groups excluding carboxylic acids is 2. The van der Waals surface area contributed by atoms with E-state index in [1.807, 2.05) is 0 Å². The summed E-state index contributed by atoms with van der Waals surface area (Å²) < 4.78 is 12.9. The zero-order valence-electron chi connectivity index (χ0n) is 7.13. The van der Waals surface area contributed by atoms with Crippen molar-refractivity contribution in [1.29, 1.82) is 0 Å². The molecule has 3 N–H and O–H groups in total. The van der Waals surface area contributed by atoms with E-state index in [0.29, 0.717) is 5.56 Å². The number of halogens is 1. The van der Waals surface area contributed by atoms with Gasteiger partial charge in [-0.2, -0.15) is 0 Å². The molecule has 72 valence electrons. The van der Waals surface area contributed by atoms with Crippen LogP contribution in [0.1, 0.15) is 15.9 Å². The maximum atomic E-state index is 12.9. The first-order valence-corrected chi connectivity index (χ1v) is 4.00. The molecule has 2 rings (SSSR count). The van der Waals surface area contributed by atoms with Gasteiger partial charge >= 0.3 is 0 Å². The van der Waals surface area contributed by atoms with Crippen LogP contribution in [0.4, 0.5) is 10.1 Å². The van der Waals surface area contributed by atoms with Crippen molar-refractivity contribution in [2.45, 2.75) is 6.42 Å². The number of benzene rings is 1. The first-order chi connectivity index (χ1) is 6.58. The van der Waals surface area contributed by atoms with Crippen molar-refractivity contribution in [3.05, 3.63) is 29.1 Å². The average molecular weight is 194 g/mol. The number of amides is 2. The third-order valence-corrected chi connectivity index (χ3v) is 2.05. The summed E-state index contributed by atoms with van der Waals surface area (Å²) >= 11 is 0. The number of anilines is 1. The lowest BCUT2D eigenvalue weighted by molar-refractivity contribution is -0.119. The molecule has 0 aromatic heterocycles. The molecular formula is C9H7FN2O2. The number of rotatable bonds is 0. The highest BCUT2D eigenvalue weighted by Gasteiger charge is 2.24. The van der Waals surface area contributed by atoms with Crippen molar-refractivity contribution in [3.8, 4) is 0 Å². The van der Waals surface area contributed by atoms with E-state index in [0.717, 1.165) is 12.1 Å². The summed E-state index contributed by atoms with van der Waals surface area (Å²) in [6, 6.07) is 2.22. The molecule has 0 radical (unpaired) electrons. The van der Waals surface area contributed by atoms with Gasteiger partial charge in [0.2, 0.25) is 5.91 Å². The number of fused-ring (bicyclic) bond motifs is 1. The highest BCUT2D eigenvalue weighted by Crippen LogP contribution is 2.22. The van der Waals surface area contributed by atoms with Crippen LogP contribution in [0.5, 0.6) is 0 Å². The molecule has 14 heavy (non-hydrogen) atoms. The largest absolute Gasteiger partial charge is 0.398 e. The van der Waals surface area contributed by atoms with Crippen molar-refractivity contribution in [2.24, 2.45) is 0 Å². The van der Waals surface area contributed by atoms with E-state index in [9.17, 15) is 14.0 Å². The Kier molecular flexibility index (Phi) is 1.73. The summed E-state index contributed by atoms with van der Waals surface area (Å²) in [7, 11) is 0. The van der Waals surface area contributed by atoms with Crippen LogP contribution in [0.15, 0.2) is 12.1 Å². The van der Waals surface area contributed by atoms with Crippen LogP contribution < -0.4 is 11.1 Å². The Morgan fingerprint density at radius 2 is 2.07 bits per heavy atom. The number of hydrogen-bond donors (Lipinski definition) is 2. The zero-order valence-corrected chi connectivity index (χ0v) is 7.13. The predicted octanol–water partition coefficient (Wildman–Crippen LogP) is 0.220. The SMILES string of the molecule is Nc1cc(F)cc2c1C(=O)NC(=O)C2. The Hall–Kier alpha value is -1.91. The summed E-state index contributed by atoms with van der Waals surface area (Å²) in [6.07, 6.45) is -0.0109. The van der Waals surface area contributed by atoms with Gasteiger partial charge in [0.15, 0.2) is 0 Å². The summed E-state index contributed by atoms with van der Waals surface area (Å²) in [6.45, 7) is 0. The van der Waals surface area contributed by atoms with Gasteiger partial charge in [0.1, 0.15) is 5.82 Å². The number of nitrogens with two attached hydrogens (primary N) is 1. The van der Waals surface area contributed by atoms with Gasteiger partial charge < -0.3 is 5.73 Å². The fourth-order valence-corrected chi connectivity index (χ4v) is 1.51. The van der Waals surface area contributed by atoms with E-state index in [4.69, 9.17) is 5.73 Å². The van der Waals surface area contributed by atoms with Gasteiger partial charge in [-0.15, -0.1) is 0 Å². The Labute approximate surface area is 78.9 Å². The van der Waals surface area contributed by atoms with Crippen LogP contribution in [0.25, 0.3) is 0 Å². The first-order valence-electron chi connectivity index (χ1n) is 4.00. The van der Waals surface area contributed by atoms with E-state index < -0.39 is 17.6 Å². The molecule has 2 amide bonds. The second-order valence-electron chi connectivity index (χ2n) is 3.08. The third kappa shape index (κ3) is 1.22. The lowest BCUT2D eigenvalue weighted by Crippen LogP contribution is -2.37. The first kappa shape index (κ1) is 8.68. The highest BCUT2D eigenvalue weighted by molar-refractivity contribution is 6.12. The maximum Gasteiger partial charge on any atom is 0.260 e. The Bertz CT molecular complexity index is 443. The number of nitrogens with one attached hydrogen (secondary N) is 1. The van der Waals surface area contributed by atoms with Crippen LogP contribution in [-0.4, -0.2) is 11.8 Å². The fourth-order valence-electron chi connectivity index (χ4n) is 1.51. The van der Waals surface area contributed by atoms with Crippen molar-refractivity contribution < 1.29 is 14.0 Å². The minimum Gasteiger partial charge on any atom is -0.398 e. The minimum atomic E-state index is -0.561. The smallest absolute Gasteiger partial charge is 0.260 e. The molecule has 5 heteroatoms. The van der Waals surface area contributed by atoms with E-state index in [1.165, 1.54) is 0 Å². The lowest BCUT2D eigenvalue weighted by Gasteiger charge is -2.16. The van der Waals surface area contributed by atoms with Gasteiger partial charge in [-0.25, -0.2) is 4.39 Å². The Morgan fingerprint density at radius 3 is 2.79 bits per heavy atom. The Morgan fingerprint density at radius 1 is 1.36 bits per heavy atom. The van der Waals surface area contributed by atoms with Crippen molar-refractivity contribution in [1.82, 2.24) is 5.32 Å². The second-order valence-corrected chi connectivity index (χ2v) is 3.08. The maximum absolute atomic E-state index is 12.9. The van der Waals surface area contributed by atoms with Crippen molar-refractivity contribution in [3.63, 3.8) is 0 Å². The third-order valence-electron chi connectivity index (χ3n) is 2.05. The van der Waals surface area contributed by atoms with Crippen molar-refractivity contribution >= 4 is 17.5 Å². The molecular weight excluding hydrogens is 187 g/mol. The van der Waals surface area contributed by atoms with Gasteiger partial charge in [-0.05, 0) is 17.7 Å². The van der Waals surface area contributed by atoms with Gasteiger partial charge in [0.05, 0.1) is 12.0 Å². The van der Waals surface area contributed by atoms with E-state index in [1.54, 1.807) is 0 Å². The molecule has 1 heterocycles.